The zero-order valence-corrected chi connectivity index (χ0v) is 22.1. The average Bonchev–Trinajstić information content (AvgIpc) is 2.74. The highest BCUT2D eigenvalue weighted by Crippen LogP contribution is 2.13. The fraction of sp³-hybridized carbons (Fsp3) is 0.793. The molecule has 1 atom stereocenters. The molecule has 0 aromatic heterocycles. The van der Waals surface area contributed by atoms with Crippen LogP contribution in [0.3, 0.4) is 0 Å². The summed E-state index contributed by atoms with van der Waals surface area (Å²) in [7, 11) is 0. The molecule has 0 nitrogen and oxygen atoms in total. The second kappa shape index (κ2) is 37.7. The Morgan fingerprint density at radius 1 is 0.862 bits per heavy atom. The highest BCUT2D eigenvalue weighted by molar-refractivity contribution is 5.11. The number of hydrogen-bond acceptors (Lipinski definition) is 0. The molecule has 0 N–H and O–H groups in total. The van der Waals surface area contributed by atoms with Crippen LogP contribution in [0.2, 0.25) is 0 Å². The van der Waals surface area contributed by atoms with Crippen molar-refractivity contribution in [3.05, 3.63) is 23.8 Å². The lowest BCUT2D eigenvalue weighted by Crippen LogP contribution is -1.90. The Labute approximate surface area is 188 Å². The lowest BCUT2D eigenvalue weighted by molar-refractivity contribution is 0.500. The second-order valence-electron chi connectivity index (χ2n) is 7.83. The lowest BCUT2D eigenvalue weighted by Gasteiger charge is -2.04. The van der Waals surface area contributed by atoms with Crippen molar-refractivity contribution in [2.24, 2.45) is 5.92 Å². The molecule has 174 valence electrons. The third-order valence-electron chi connectivity index (χ3n) is 4.54. The van der Waals surface area contributed by atoms with Gasteiger partial charge in [0.05, 0.1) is 0 Å². The maximum Gasteiger partial charge on any atom is 0.00861 e. The fourth-order valence-electron chi connectivity index (χ4n) is 2.15. The Kier molecular flexibility index (Phi) is 46.2. The minimum Gasteiger partial charge on any atom is -0.120 e. The van der Waals surface area contributed by atoms with E-state index in [2.05, 4.69) is 86.5 Å². The summed E-state index contributed by atoms with van der Waals surface area (Å²) in [5.41, 5.74) is 1.59. The van der Waals surface area contributed by atoms with Gasteiger partial charge in [-0.25, -0.2) is 0 Å². The molecule has 29 heavy (non-hydrogen) atoms. The minimum absolute atomic E-state index is 0.860. The zero-order chi connectivity index (χ0) is 23.2. The van der Waals surface area contributed by atoms with Crippen molar-refractivity contribution in [3.63, 3.8) is 0 Å². The predicted octanol–water partition coefficient (Wildman–Crippen LogP) is 10.9. The molecule has 0 spiro atoms. The molecule has 0 aliphatic heterocycles. The van der Waals surface area contributed by atoms with Gasteiger partial charge in [0.2, 0.25) is 0 Å². The Bertz CT molecular complexity index is 338. The standard InChI is InChI=1S/C13H24.C9H16.C4H10.C3H8/c1-4-7-9-10-12-13(6-3)11-8-5-2;1-4-6-7-8-9(3)5-2;1-3-4-2;1-3-2/h5,8,11H,4,6-7,9-10,12H2,1-3H3;1,9H,5-8H2,2-3H3;3-4H2,1-2H3;3H2,1-2H3. The fourth-order valence-corrected chi connectivity index (χ4v) is 2.15. The molecule has 0 aliphatic rings. The largest absolute Gasteiger partial charge is 0.120 e. The van der Waals surface area contributed by atoms with E-state index in [1.165, 1.54) is 77.0 Å². The minimum atomic E-state index is 0.860. The van der Waals surface area contributed by atoms with Crippen LogP contribution in [0.25, 0.3) is 0 Å². The Balaban J connectivity index is -0.000000168. The van der Waals surface area contributed by atoms with E-state index in [4.69, 9.17) is 6.42 Å². The van der Waals surface area contributed by atoms with Gasteiger partial charge in [0, 0.05) is 6.42 Å². The third kappa shape index (κ3) is 46.8. The molecule has 0 aliphatic carbocycles. The Morgan fingerprint density at radius 2 is 1.45 bits per heavy atom. The first kappa shape index (κ1) is 35.5. The van der Waals surface area contributed by atoms with Gasteiger partial charge in [-0.15, -0.1) is 12.3 Å². The van der Waals surface area contributed by atoms with Crippen LogP contribution in [0.5, 0.6) is 0 Å². The van der Waals surface area contributed by atoms with Crippen LogP contribution in [0.1, 0.15) is 146 Å². The summed E-state index contributed by atoms with van der Waals surface area (Å²) < 4.78 is 0. The number of terminal acetylenes is 1. The molecule has 0 aromatic rings. The topological polar surface area (TPSA) is 0 Å². The molecule has 0 saturated carbocycles. The smallest absolute Gasteiger partial charge is 0.00861 e. The van der Waals surface area contributed by atoms with Crippen molar-refractivity contribution in [2.45, 2.75) is 146 Å². The summed E-state index contributed by atoms with van der Waals surface area (Å²) in [6, 6.07) is 0. The zero-order valence-electron chi connectivity index (χ0n) is 22.1. The first-order chi connectivity index (χ1) is 14.0. The summed E-state index contributed by atoms with van der Waals surface area (Å²) in [5, 5.41) is 0. The third-order valence-corrected chi connectivity index (χ3v) is 4.54. The van der Waals surface area contributed by atoms with Crippen molar-refractivity contribution in [3.8, 4) is 12.3 Å². The van der Waals surface area contributed by atoms with Crippen molar-refractivity contribution >= 4 is 0 Å². The van der Waals surface area contributed by atoms with Crippen molar-refractivity contribution in [1.82, 2.24) is 0 Å². The van der Waals surface area contributed by atoms with Crippen LogP contribution in [0.15, 0.2) is 23.8 Å². The van der Waals surface area contributed by atoms with E-state index >= 15 is 0 Å². The van der Waals surface area contributed by atoms with Gasteiger partial charge in [0.15, 0.2) is 0 Å². The van der Waals surface area contributed by atoms with E-state index in [-0.39, 0.29) is 0 Å². The van der Waals surface area contributed by atoms with Gasteiger partial charge in [0.1, 0.15) is 0 Å². The average molecular weight is 407 g/mol. The van der Waals surface area contributed by atoms with Crippen LogP contribution in [0.4, 0.5) is 0 Å². The molecule has 0 saturated heterocycles. The van der Waals surface area contributed by atoms with Crippen LogP contribution >= 0.6 is 0 Å². The van der Waals surface area contributed by atoms with Crippen LogP contribution in [-0.4, -0.2) is 0 Å². The lowest BCUT2D eigenvalue weighted by atomic mass is 10.0. The molecule has 0 radical (unpaired) electrons. The molecule has 0 fully saturated rings. The molecule has 0 heteroatoms. The summed E-state index contributed by atoms with van der Waals surface area (Å²) >= 11 is 0. The summed E-state index contributed by atoms with van der Waals surface area (Å²) in [4.78, 5) is 0. The maximum atomic E-state index is 5.11. The molecule has 0 rings (SSSR count). The second-order valence-corrected chi connectivity index (χ2v) is 7.83. The molecule has 1 unspecified atom stereocenters. The van der Waals surface area contributed by atoms with E-state index in [1.54, 1.807) is 5.57 Å². The van der Waals surface area contributed by atoms with Gasteiger partial charge in [0.25, 0.3) is 0 Å². The Morgan fingerprint density at radius 3 is 1.83 bits per heavy atom. The van der Waals surface area contributed by atoms with Crippen LogP contribution in [0, 0.1) is 18.3 Å². The van der Waals surface area contributed by atoms with E-state index in [0.29, 0.717) is 0 Å². The van der Waals surface area contributed by atoms with Gasteiger partial charge in [-0.05, 0) is 44.9 Å². The van der Waals surface area contributed by atoms with Gasteiger partial charge in [-0.1, -0.05) is 124 Å². The van der Waals surface area contributed by atoms with Crippen LogP contribution < -0.4 is 0 Å². The number of rotatable bonds is 12. The van der Waals surface area contributed by atoms with Gasteiger partial charge in [-0.2, -0.15) is 0 Å². The summed E-state index contributed by atoms with van der Waals surface area (Å²) in [6.07, 6.45) is 28.2. The number of unbranched alkanes of at least 4 members (excludes halogenated alkanes) is 5. The monoisotopic (exact) mass is 406 g/mol. The predicted molar refractivity (Wildman–Crippen MR) is 141 cm³/mol. The highest BCUT2D eigenvalue weighted by atomic mass is 14.0. The van der Waals surface area contributed by atoms with Gasteiger partial charge < -0.3 is 0 Å². The van der Waals surface area contributed by atoms with Gasteiger partial charge in [-0.3, -0.25) is 0 Å². The van der Waals surface area contributed by atoms with E-state index in [9.17, 15) is 0 Å². The first-order valence-corrected chi connectivity index (χ1v) is 12.7. The molecule has 0 bridgehead atoms. The highest BCUT2D eigenvalue weighted by Gasteiger charge is 1.95. The van der Waals surface area contributed by atoms with E-state index < -0.39 is 0 Å². The molecular weight excluding hydrogens is 348 g/mol. The molecule has 0 amide bonds. The number of hydrogen-bond donors (Lipinski definition) is 0. The van der Waals surface area contributed by atoms with Crippen molar-refractivity contribution < 1.29 is 0 Å². The summed E-state index contributed by atoms with van der Waals surface area (Å²) in [6.45, 7) is 19.7. The Hall–Kier alpha value is -0.960. The SMILES string of the molecule is C#CCCCC(C)CC.CC=CC=C(CC)CCCCCC.CCC.CCCC. The summed E-state index contributed by atoms with van der Waals surface area (Å²) in [5.74, 6) is 3.51. The van der Waals surface area contributed by atoms with Crippen molar-refractivity contribution in [1.29, 1.82) is 0 Å². The molecular formula is C29H58. The molecule has 0 aromatic carbocycles. The quantitative estimate of drug-likeness (QED) is 0.172. The van der Waals surface area contributed by atoms with Gasteiger partial charge >= 0.3 is 0 Å². The first-order valence-electron chi connectivity index (χ1n) is 12.7. The number of allylic oxidation sites excluding steroid dienone is 4. The normalized spacial score (nSPS) is 11.2. The van der Waals surface area contributed by atoms with Crippen LogP contribution in [-0.2, 0) is 0 Å². The van der Waals surface area contributed by atoms with Crippen molar-refractivity contribution in [2.75, 3.05) is 0 Å². The van der Waals surface area contributed by atoms with E-state index in [1.807, 2.05) is 0 Å². The maximum absolute atomic E-state index is 5.11. The molecule has 0 heterocycles. The van der Waals surface area contributed by atoms with E-state index in [0.717, 1.165) is 12.3 Å².